The van der Waals surface area contributed by atoms with Gasteiger partial charge in [0.2, 0.25) is 11.8 Å². The zero-order valence-electron chi connectivity index (χ0n) is 27.1. The Hall–Kier alpha value is -4.35. The molecule has 0 aliphatic heterocycles. The number of carbonyl (C=O) groups excluding carboxylic acids is 2. The first-order valence-electron chi connectivity index (χ1n) is 15.1. The van der Waals surface area contributed by atoms with Gasteiger partial charge < -0.3 is 19.7 Å². The number of aryl methyl sites for hydroxylation is 1. The van der Waals surface area contributed by atoms with Crippen molar-refractivity contribution in [3.8, 4) is 11.5 Å². The molecule has 4 rings (SSSR count). The monoisotopic (exact) mass is 721 g/mol. The van der Waals surface area contributed by atoms with Gasteiger partial charge in [0.1, 0.15) is 12.6 Å². The van der Waals surface area contributed by atoms with Crippen LogP contribution in [0.25, 0.3) is 0 Å². The number of halogens is 1. The first kappa shape index (κ1) is 35.5. The minimum atomic E-state index is -4.31. The van der Waals surface area contributed by atoms with Crippen molar-refractivity contribution in [3.05, 3.63) is 118 Å². The Balaban J connectivity index is 1.83. The molecule has 0 fully saturated rings. The number of benzene rings is 4. The summed E-state index contributed by atoms with van der Waals surface area (Å²) >= 11 is 3.50. The fourth-order valence-electron chi connectivity index (χ4n) is 5.11. The van der Waals surface area contributed by atoms with E-state index in [-0.39, 0.29) is 35.6 Å². The third kappa shape index (κ3) is 9.14. The largest absolute Gasteiger partial charge is 0.493 e. The lowest BCUT2D eigenvalue weighted by Gasteiger charge is -2.34. The van der Waals surface area contributed by atoms with Gasteiger partial charge in [0, 0.05) is 29.5 Å². The zero-order valence-corrected chi connectivity index (χ0v) is 29.5. The molecule has 0 spiro atoms. The maximum atomic E-state index is 14.6. The van der Waals surface area contributed by atoms with Gasteiger partial charge >= 0.3 is 0 Å². The number of ether oxygens (including phenoxy) is 2. The average Bonchev–Trinajstić information content (AvgIpc) is 3.05. The molecule has 4 aromatic rings. The second-order valence-corrected chi connectivity index (χ2v) is 14.2. The molecular weight excluding hydrogens is 682 g/mol. The molecule has 0 aliphatic rings. The Morgan fingerprint density at radius 1 is 0.830 bits per heavy atom. The Morgan fingerprint density at radius 3 is 2.11 bits per heavy atom. The van der Waals surface area contributed by atoms with Crippen LogP contribution in [-0.4, -0.2) is 58.0 Å². The summed E-state index contributed by atoms with van der Waals surface area (Å²) < 4.78 is 41.3. The molecule has 11 heteroatoms. The molecule has 248 valence electrons. The summed E-state index contributed by atoms with van der Waals surface area (Å²) in [4.78, 5) is 29.8. The van der Waals surface area contributed by atoms with Crippen LogP contribution < -0.4 is 19.1 Å². The van der Waals surface area contributed by atoms with Crippen LogP contribution in [0.3, 0.4) is 0 Å². The molecule has 0 aliphatic carbocycles. The lowest BCUT2D eigenvalue weighted by atomic mass is 10.0. The molecule has 4 aromatic carbocycles. The van der Waals surface area contributed by atoms with Crippen molar-refractivity contribution in [1.82, 2.24) is 10.2 Å². The van der Waals surface area contributed by atoms with E-state index in [1.807, 2.05) is 75.4 Å². The number of nitrogens with one attached hydrogen (secondary N) is 1. The van der Waals surface area contributed by atoms with Crippen LogP contribution in [0.15, 0.2) is 106 Å². The van der Waals surface area contributed by atoms with Crippen molar-refractivity contribution < 1.29 is 27.5 Å². The number of carbonyl (C=O) groups is 2. The van der Waals surface area contributed by atoms with Crippen molar-refractivity contribution in [2.24, 2.45) is 0 Å². The van der Waals surface area contributed by atoms with Crippen LogP contribution >= 0.6 is 15.9 Å². The van der Waals surface area contributed by atoms with E-state index in [4.69, 9.17) is 9.47 Å². The predicted molar refractivity (Wildman–Crippen MR) is 187 cm³/mol. The summed E-state index contributed by atoms with van der Waals surface area (Å²) in [5.41, 5.74) is 2.85. The molecule has 1 atom stereocenters. The second kappa shape index (κ2) is 16.0. The van der Waals surface area contributed by atoms with Crippen molar-refractivity contribution in [2.45, 2.75) is 50.7 Å². The summed E-state index contributed by atoms with van der Waals surface area (Å²) in [6.07, 6.45) is 0.228. The summed E-state index contributed by atoms with van der Waals surface area (Å²) in [7, 11) is -1.43. The molecule has 1 N–H and O–H groups in total. The fourth-order valence-corrected chi connectivity index (χ4v) is 6.99. The Kier molecular flexibility index (Phi) is 12.1. The van der Waals surface area contributed by atoms with E-state index >= 15 is 0 Å². The predicted octanol–water partition coefficient (Wildman–Crippen LogP) is 6.13. The lowest BCUT2D eigenvalue weighted by molar-refractivity contribution is -0.140. The smallest absolute Gasteiger partial charge is 0.264 e. The minimum absolute atomic E-state index is 0.0689. The SMILES string of the molecule is COc1ccc(S(=O)(=O)N(CC(=O)N(Cc2cccc(Br)c2)C(Cc2ccccc2)C(=O)NC(C)C)c2ccc(C)cc2)cc1OC. The van der Waals surface area contributed by atoms with Gasteiger partial charge in [0.15, 0.2) is 11.5 Å². The summed E-state index contributed by atoms with van der Waals surface area (Å²) in [6, 6.07) is 27.0. The van der Waals surface area contributed by atoms with E-state index in [0.717, 1.165) is 25.5 Å². The zero-order chi connectivity index (χ0) is 34.1. The first-order valence-corrected chi connectivity index (χ1v) is 17.4. The lowest BCUT2D eigenvalue weighted by Crippen LogP contribution is -2.54. The van der Waals surface area contributed by atoms with Crippen molar-refractivity contribution >= 4 is 43.5 Å². The van der Waals surface area contributed by atoms with Gasteiger partial charge in [-0.1, -0.05) is 76.1 Å². The molecule has 0 saturated carbocycles. The van der Waals surface area contributed by atoms with Crippen LogP contribution in [0.1, 0.15) is 30.5 Å². The van der Waals surface area contributed by atoms with Crippen LogP contribution in [0.2, 0.25) is 0 Å². The normalized spacial score (nSPS) is 11.9. The van der Waals surface area contributed by atoms with E-state index in [1.54, 1.807) is 24.3 Å². The van der Waals surface area contributed by atoms with E-state index in [2.05, 4.69) is 21.2 Å². The summed E-state index contributed by atoms with van der Waals surface area (Å²) in [6.45, 7) is 5.11. The minimum Gasteiger partial charge on any atom is -0.493 e. The van der Waals surface area contributed by atoms with E-state index in [1.165, 1.54) is 37.3 Å². The molecular formula is C36H40BrN3O6S. The van der Waals surface area contributed by atoms with Gasteiger partial charge in [-0.15, -0.1) is 0 Å². The van der Waals surface area contributed by atoms with Crippen LogP contribution in [0, 0.1) is 6.92 Å². The van der Waals surface area contributed by atoms with Gasteiger partial charge in [-0.3, -0.25) is 13.9 Å². The highest BCUT2D eigenvalue weighted by Crippen LogP contribution is 2.32. The van der Waals surface area contributed by atoms with E-state index in [9.17, 15) is 18.0 Å². The highest BCUT2D eigenvalue weighted by molar-refractivity contribution is 9.10. The van der Waals surface area contributed by atoms with Gasteiger partial charge in [-0.2, -0.15) is 0 Å². The van der Waals surface area contributed by atoms with Gasteiger partial charge in [0.05, 0.1) is 24.8 Å². The van der Waals surface area contributed by atoms with Crippen LogP contribution in [0.5, 0.6) is 11.5 Å². The van der Waals surface area contributed by atoms with Gasteiger partial charge in [0.25, 0.3) is 10.0 Å². The summed E-state index contributed by atoms with van der Waals surface area (Å²) in [5.74, 6) is -0.288. The highest BCUT2D eigenvalue weighted by atomic mass is 79.9. The Morgan fingerprint density at radius 2 is 1.49 bits per heavy atom. The number of anilines is 1. The van der Waals surface area contributed by atoms with Crippen molar-refractivity contribution in [3.63, 3.8) is 0 Å². The Labute approximate surface area is 285 Å². The maximum Gasteiger partial charge on any atom is 0.264 e. The fraction of sp³-hybridized carbons (Fsp3) is 0.278. The van der Waals surface area contributed by atoms with E-state index in [0.29, 0.717) is 11.4 Å². The number of sulfonamides is 1. The van der Waals surface area contributed by atoms with Gasteiger partial charge in [-0.25, -0.2) is 8.42 Å². The Bertz CT molecular complexity index is 1780. The molecule has 0 radical (unpaired) electrons. The second-order valence-electron chi connectivity index (χ2n) is 11.4. The molecule has 47 heavy (non-hydrogen) atoms. The number of nitrogens with zero attached hydrogens (tertiary/aromatic N) is 2. The van der Waals surface area contributed by atoms with E-state index < -0.39 is 28.5 Å². The van der Waals surface area contributed by atoms with Crippen LogP contribution in [0.4, 0.5) is 5.69 Å². The quantitative estimate of drug-likeness (QED) is 0.168. The van der Waals surface area contributed by atoms with Crippen LogP contribution in [-0.2, 0) is 32.6 Å². The van der Waals surface area contributed by atoms with Gasteiger partial charge in [-0.05, 0) is 68.3 Å². The standard InChI is InChI=1S/C36H40BrN3O6S/c1-25(2)38-36(42)32(21-27-10-7-6-8-11-27)39(23-28-12-9-13-29(37)20-28)35(41)24-40(30-16-14-26(3)15-17-30)47(43,44)31-18-19-33(45-4)34(22-31)46-5/h6-20,22,25,32H,21,23-24H2,1-5H3,(H,38,42). The molecule has 0 aromatic heterocycles. The average molecular weight is 723 g/mol. The van der Waals surface area contributed by atoms with Crippen molar-refractivity contribution in [2.75, 3.05) is 25.1 Å². The molecule has 1 unspecified atom stereocenters. The maximum absolute atomic E-state index is 14.6. The first-order chi connectivity index (χ1) is 22.4. The third-order valence-corrected chi connectivity index (χ3v) is 9.75. The molecule has 2 amide bonds. The summed E-state index contributed by atoms with van der Waals surface area (Å²) in [5, 5.41) is 2.97. The number of hydrogen-bond acceptors (Lipinski definition) is 6. The number of rotatable bonds is 14. The highest BCUT2D eigenvalue weighted by Gasteiger charge is 2.35. The molecule has 9 nitrogen and oxygen atoms in total. The third-order valence-electron chi connectivity index (χ3n) is 7.49. The molecule has 0 heterocycles. The molecule has 0 saturated heterocycles. The number of methoxy groups -OCH3 is 2. The number of amides is 2. The topological polar surface area (TPSA) is 105 Å². The van der Waals surface area contributed by atoms with Crippen molar-refractivity contribution in [1.29, 1.82) is 0 Å². The number of hydrogen-bond donors (Lipinski definition) is 1. The molecule has 0 bridgehead atoms.